The van der Waals surface area contributed by atoms with Crippen LogP contribution in [-0.2, 0) is 16.0 Å². The van der Waals surface area contributed by atoms with Crippen LogP contribution in [-0.4, -0.2) is 43.9 Å². The Hall–Kier alpha value is -1.88. The van der Waals surface area contributed by atoms with Crippen molar-refractivity contribution in [3.63, 3.8) is 0 Å². The molecule has 3 N–H and O–H groups in total. The lowest BCUT2D eigenvalue weighted by molar-refractivity contribution is -0.134. The average molecular weight is 277 g/mol. The van der Waals surface area contributed by atoms with Crippen molar-refractivity contribution in [2.45, 2.75) is 12.8 Å². The molecule has 0 aliphatic carbocycles. The summed E-state index contributed by atoms with van der Waals surface area (Å²) in [6.45, 7) is 1.34. The third-order valence-corrected chi connectivity index (χ3v) is 3.27. The van der Waals surface area contributed by atoms with Gasteiger partial charge in [0.1, 0.15) is 0 Å². The predicted octanol–water partition coefficient (Wildman–Crippen LogP) is 0.398. The highest BCUT2D eigenvalue weighted by Gasteiger charge is 2.21. The topological polar surface area (TPSA) is 75.4 Å². The Kier molecular flexibility index (Phi) is 6.73. The van der Waals surface area contributed by atoms with Crippen LogP contribution in [0.15, 0.2) is 30.3 Å². The van der Waals surface area contributed by atoms with Gasteiger partial charge in [0.25, 0.3) is 0 Å². The van der Waals surface area contributed by atoms with Crippen molar-refractivity contribution in [2.24, 2.45) is 11.7 Å². The summed E-state index contributed by atoms with van der Waals surface area (Å²) in [5.41, 5.74) is 6.43. The summed E-state index contributed by atoms with van der Waals surface area (Å²) in [5.74, 6) is -0.939. The van der Waals surface area contributed by atoms with Crippen molar-refractivity contribution >= 4 is 11.8 Å². The van der Waals surface area contributed by atoms with E-state index < -0.39 is 11.8 Å². The molecule has 0 radical (unpaired) electrons. The zero-order chi connectivity index (χ0) is 15.0. The smallest absolute Gasteiger partial charge is 0.223 e. The number of carbonyl (C=O) groups is 2. The Bertz CT molecular complexity index is 434. The lowest BCUT2D eigenvalue weighted by atomic mass is 9.95. The standard InChI is InChI=1S/C15H23N3O2/c1-17-8-9-18(2)14(19)11-13(15(16)20)10-12-6-4-3-5-7-12/h3-7,13,17H,8-11H2,1-2H3,(H2,16,20)/t13-/m1/s1. The quantitative estimate of drug-likeness (QED) is 0.722. The van der Waals surface area contributed by atoms with Crippen LogP contribution >= 0.6 is 0 Å². The van der Waals surface area contributed by atoms with Crippen molar-refractivity contribution in [1.82, 2.24) is 10.2 Å². The number of nitrogens with one attached hydrogen (secondary N) is 1. The van der Waals surface area contributed by atoms with Crippen LogP contribution in [0.2, 0.25) is 0 Å². The number of nitrogens with two attached hydrogens (primary N) is 1. The molecule has 0 heterocycles. The van der Waals surface area contributed by atoms with Crippen LogP contribution in [0.4, 0.5) is 0 Å². The molecule has 0 bridgehead atoms. The van der Waals surface area contributed by atoms with Gasteiger partial charge in [0.15, 0.2) is 0 Å². The van der Waals surface area contributed by atoms with Crippen molar-refractivity contribution in [1.29, 1.82) is 0 Å². The molecular weight excluding hydrogens is 254 g/mol. The molecule has 1 aromatic carbocycles. The second-order valence-corrected chi connectivity index (χ2v) is 4.91. The lowest BCUT2D eigenvalue weighted by Gasteiger charge is -2.20. The monoisotopic (exact) mass is 277 g/mol. The first-order valence-corrected chi connectivity index (χ1v) is 6.76. The highest BCUT2D eigenvalue weighted by atomic mass is 16.2. The fraction of sp³-hybridized carbons (Fsp3) is 0.467. The molecule has 1 aromatic rings. The van der Waals surface area contributed by atoms with Gasteiger partial charge in [-0.1, -0.05) is 30.3 Å². The maximum Gasteiger partial charge on any atom is 0.223 e. The number of benzene rings is 1. The van der Waals surface area contributed by atoms with E-state index in [1.165, 1.54) is 0 Å². The predicted molar refractivity (Wildman–Crippen MR) is 79.0 cm³/mol. The van der Waals surface area contributed by atoms with Gasteiger partial charge in [-0.05, 0) is 19.0 Å². The van der Waals surface area contributed by atoms with Gasteiger partial charge in [-0.15, -0.1) is 0 Å². The first-order valence-electron chi connectivity index (χ1n) is 6.76. The normalized spacial score (nSPS) is 11.9. The molecule has 0 aliphatic rings. The van der Waals surface area contributed by atoms with E-state index in [9.17, 15) is 9.59 Å². The van der Waals surface area contributed by atoms with Gasteiger partial charge in [0.05, 0.1) is 5.92 Å². The molecule has 1 atom stereocenters. The molecule has 0 aromatic heterocycles. The van der Waals surface area contributed by atoms with E-state index in [0.29, 0.717) is 13.0 Å². The number of carbonyl (C=O) groups excluding carboxylic acids is 2. The molecule has 0 saturated carbocycles. The maximum atomic E-state index is 12.0. The van der Waals surface area contributed by atoms with Gasteiger partial charge < -0.3 is 16.0 Å². The third kappa shape index (κ3) is 5.40. The van der Waals surface area contributed by atoms with E-state index in [0.717, 1.165) is 12.1 Å². The Morgan fingerprint density at radius 1 is 1.30 bits per heavy atom. The summed E-state index contributed by atoms with van der Waals surface area (Å²) >= 11 is 0. The molecular formula is C15H23N3O2. The minimum Gasteiger partial charge on any atom is -0.369 e. The van der Waals surface area contributed by atoms with Crippen molar-refractivity contribution in [3.8, 4) is 0 Å². The molecule has 0 saturated heterocycles. The molecule has 0 fully saturated rings. The van der Waals surface area contributed by atoms with E-state index in [1.54, 1.807) is 11.9 Å². The van der Waals surface area contributed by atoms with Gasteiger partial charge in [0, 0.05) is 26.6 Å². The summed E-state index contributed by atoms with van der Waals surface area (Å²) in [5, 5.41) is 2.98. The number of nitrogens with zero attached hydrogens (tertiary/aromatic N) is 1. The molecule has 0 aliphatic heterocycles. The number of hydrogen-bond donors (Lipinski definition) is 2. The van der Waals surface area contributed by atoms with Crippen molar-refractivity contribution in [2.75, 3.05) is 27.2 Å². The fourth-order valence-electron chi connectivity index (χ4n) is 1.94. The van der Waals surface area contributed by atoms with Gasteiger partial charge in [-0.2, -0.15) is 0 Å². The Morgan fingerprint density at radius 2 is 1.95 bits per heavy atom. The van der Waals surface area contributed by atoms with E-state index in [1.807, 2.05) is 37.4 Å². The number of rotatable bonds is 8. The molecule has 5 nitrogen and oxygen atoms in total. The second kappa shape index (κ2) is 8.32. The lowest BCUT2D eigenvalue weighted by Crippen LogP contribution is -2.36. The summed E-state index contributed by atoms with van der Waals surface area (Å²) in [7, 11) is 3.57. The maximum absolute atomic E-state index is 12.0. The molecule has 2 amide bonds. The summed E-state index contributed by atoms with van der Waals surface area (Å²) in [4.78, 5) is 25.2. The van der Waals surface area contributed by atoms with Crippen LogP contribution < -0.4 is 11.1 Å². The largest absolute Gasteiger partial charge is 0.369 e. The van der Waals surface area contributed by atoms with E-state index in [4.69, 9.17) is 5.73 Å². The van der Waals surface area contributed by atoms with E-state index in [-0.39, 0.29) is 12.3 Å². The van der Waals surface area contributed by atoms with Gasteiger partial charge in [-0.3, -0.25) is 9.59 Å². The molecule has 20 heavy (non-hydrogen) atoms. The molecule has 110 valence electrons. The van der Waals surface area contributed by atoms with Crippen LogP contribution in [0, 0.1) is 5.92 Å². The fourth-order valence-corrected chi connectivity index (χ4v) is 1.94. The first kappa shape index (κ1) is 16.2. The Morgan fingerprint density at radius 3 is 2.50 bits per heavy atom. The molecule has 0 spiro atoms. The molecule has 1 rings (SSSR count). The van der Waals surface area contributed by atoms with Crippen LogP contribution in [0.1, 0.15) is 12.0 Å². The number of amides is 2. The minimum absolute atomic E-state index is 0.0556. The minimum atomic E-state index is -0.457. The first-order chi connectivity index (χ1) is 9.54. The molecule has 0 unspecified atom stereocenters. The zero-order valence-electron chi connectivity index (χ0n) is 12.1. The Balaban J connectivity index is 2.59. The summed E-state index contributed by atoms with van der Waals surface area (Å²) in [6.07, 6.45) is 0.659. The summed E-state index contributed by atoms with van der Waals surface area (Å²) < 4.78 is 0. The van der Waals surface area contributed by atoms with Gasteiger partial charge >= 0.3 is 0 Å². The van der Waals surface area contributed by atoms with E-state index >= 15 is 0 Å². The van der Waals surface area contributed by atoms with Crippen LogP contribution in [0.25, 0.3) is 0 Å². The third-order valence-electron chi connectivity index (χ3n) is 3.27. The van der Waals surface area contributed by atoms with E-state index in [2.05, 4.69) is 5.32 Å². The van der Waals surface area contributed by atoms with Crippen molar-refractivity contribution in [3.05, 3.63) is 35.9 Å². The van der Waals surface area contributed by atoms with Crippen LogP contribution in [0.5, 0.6) is 0 Å². The number of primary amides is 1. The molecule has 5 heteroatoms. The Labute approximate surface area is 120 Å². The second-order valence-electron chi connectivity index (χ2n) is 4.91. The van der Waals surface area contributed by atoms with Gasteiger partial charge in [0.2, 0.25) is 11.8 Å². The van der Waals surface area contributed by atoms with Gasteiger partial charge in [-0.25, -0.2) is 0 Å². The number of hydrogen-bond acceptors (Lipinski definition) is 3. The zero-order valence-corrected chi connectivity index (χ0v) is 12.1. The highest BCUT2D eigenvalue weighted by molar-refractivity contribution is 5.85. The SMILES string of the molecule is CNCCN(C)C(=O)C[C@@H](Cc1ccccc1)C(N)=O. The van der Waals surface area contributed by atoms with Crippen molar-refractivity contribution < 1.29 is 9.59 Å². The highest BCUT2D eigenvalue weighted by Crippen LogP contribution is 2.13. The van der Waals surface area contributed by atoms with Crippen LogP contribution in [0.3, 0.4) is 0 Å². The summed E-state index contributed by atoms with van der Waals surface area (Å²) in [6, 6.07) is 9.61. The number of likely N-dealkylation sites (N-methyl/N-ethyl adjacent to an activating group) is 2. The average Bonchev–Trinajstić information content (AvgIpc) is 2.44.